The third-order valence-electron chi connectivity index (χ3n) is 15.4. The van der Waals surface area contributed by atoms with Crippen molar-refractivity contribution in [2.24, 2.45) is 11.5 Å². The Balaban J connectivity index is 0.000000188. The number of carboxylic acid groups (broad SMARTS) is 1. The van der Waals surface area contributed by atoms with E-state index in [4.69, 9.17) is 37.3 Å². The molecule has 0 saturated heterocycles. The van der Waals surface area contributed by atoms with Gasteiger partial charge in [-0.2, -0.15) is 0 Å². The number of primary amides is 2. The number of nitrogens with two attached hydrogens (primary N) is 2. The summed E-state index contributed by atoms with van der Waals surface area (Å²) in [7, 11) is 0. The average Bonchev–Trinajstić information content (AvgIpc) is 0.778. The van der Waals surface area contributed by atoms with Gasteiger partial charge in [0.25, 0.3) is 5.91 Å². The maximum Gasteiger partial charge on any atom is 0.412 e. The monoisotopic (exact) mass is 1680 g/mol. The molecule has 0 radical (unpaired) electrons. The molecule has 4 heterocycles. The Morgan fingerprint density at radius 3 is 1.08 bits per heavy atom. The number of ether oxygens (including phenoxy) is 3. The minimum atomic E-state index is -1.39. The fraction of sp³-hybridized carbons (Fsp3) is 0.0976. The number of carbonyl (C=O) groups is 6. The van der Waals surface area contributed by atoms with Gasteiger partial charge >= 0.3 is 30.0 Å². The number of aromatic nitrogens is 4. The number of para-hydroxylation sites is 4. The number of rotatable bonds is 17. The van der Waals surface area contributed by atoms with Gasteiger partial charge in [0.15, 0.2) is 0 Å². The molecule has 0 aliphatic heterocycles. The Morgan fingerprint density at radius 1 is 0.403 bits per heavy atom. The van der Waals surface area contributed by atoms with Crippen LogP contribution in [0.15, 0.2) is 194 Å². The van der Waals surface area contributed by atoms with E-state index in [-0.39, 0.29) is 97.3 Å². The summed E-state index contributed by atoms with van der Waals surface area (Å²) >= 11 is 5.77. The van der Waals surface area contributed by atoms with Gasteiger partial charge in [-0.05, 0) is 180 Å². The number of carboxylic acids is 1. The number of aromatic carboxylic acids is 1. The van der Waals surface area contributed by atoms with E-state index in [1.54, 1.807) is 34.6 Å². The zero-order valence-corrected chi connectivity index (χ0v) is 62.6. The molecular weight excluding hydrogens is 1620 g/mol. The highest BCUT2D eigenvalue weighted by molar-refractivity contribution is 6.29. The predicted molar refractivity (Wildman–Crippen MR) is 404 cm³/mol. The predicted octanol–water partition coefficient (Wildman–Crippen LogP) is 20.8. The van der Waals surface area contributed by atoms with Crippen molar-refractivity contribution in [1.29, 1.82) is 0 Å². The number of nitrogens with zero attached hydrogens (tertiary/aromatic N) is 5. The van der Waals surface area contributed by atoms with Crippen LogP contribution in [-0.2, 0) is 14.2 Å². The highest BCUT2D eigenvalue weighted by Gasteiger charge is 2.29. The van der Waals surface area contributed by atoms with E-state index >= 15 is 0 Å². The normalized spacial score (nSPS) is 10.6. The standard InChI is InChI=1S/C20H14F4N2O2.C19H12F4N4O2.C18H10F4N2O2.C14H10ClF2NO2.C11H13F2NO2/c1-2-28-20(27)13-8-9-17(26-19-14(22)4-3-5-15(19)23)25-18(13)12-7-6-11(21)10-16(12)24;20-9-4-5-10(14(23)8-9)16-11(18(24)28)6-7-15(26-16)27(19(25)29)17-12(21)2-1-3-13(17)22;19-9-4-5-10(14(22)8-9)16-11(18(25)26)6-7-15(23-16)24-17-12(20)2-1-3-13(17)21;1-2-20-14(19)10-5-6-12(15)18-13(10)9-4-3-8(16)7-11(9)17;1-11(2,3)16-10(15)14-9-7(12)5-4-6-8(9)13/h3-10H,2H2,1H3,(H,25,26);1-8H,(H2,24,28)(H2,25,29);1-8H,(H,23,24)(H,25,26);3-7H,2H2,1H3;4-6H,1-3H3,(H,14,15). The van der Waals surface area contributed by atoms with Gasteiger partial charge in [-0.15, -0.1) is 0 Å². The molecule has 12 rings (SSSR count). The molecule has 0 bridgehead atoms. The highest BCUT2D eigenvalue weighted by Crippen LogP contribution is 2.37. The molecule has 8 aromatic carbocycles. The van der Waals surface area contributed by atoms with Gasteiger partial charge in [-0.1, -0.05) is 35.9 Å². The number of benzene rings is 8. The lowest BCUT2D eigenvalue weighted by atomic mass is 10.0. The minimum Gasteiger partial charge on any atom is -0.478 e. The van der Waals surface area contributed by atoms with Crippen LogP contribution in [0.25, 0.3) is 45.0 Å². The van der Waals surface area contributed by atoms with Gasteiger partial charge in [-0.3, -0.25) is 10.1 Å². The van der Waals surface area contributed by atoms with E-state index in [9.17, 15) is 104 Å². The molecule has 12 aromatic rings. The van der Waals surface area contributed by atoms with Crippen molar-refractivity contribution in [3.05, 3.63) is 315 Å². The van der Waals surface area contributed by atoms with Crippen molar-refractivity contribution in [3.8, 4) is 45.0 Å². The first-order chi connectivity index (χ1) is 56.3. The van der Waals surface area contributed by atoms with Crippen molar-refractivity contribution in [2.75, 3.05) is 34.1 Å². The van der Waals surface area contributed by atoms with E-state index in [0.717, 1.165) is 115 Å². The van der Waals surface area contributed by atoms with E-state index in [1.165, 1.54) is 54.6 Å². The van der Waals surface area contributed by atoms with Crippen molar-refractivity contribution in [1.82, 2.24) is 19.9 Å². The lowest BCUT2D eigenvalue weighted by molar-refractivity contribution is 0.0517. The molecule has 0 unspecified atom stereocenters. The maximum atomic E-state index is 14.3. The van der Waals surface area contributed by atoms with Crippen LogP contribution in [0.2, 0.25) is 5.15 Å². The Bertz CT molecular complexity index is 5760. The number of carbonyl (C=O) groups excluding carboxylic acids is 5. The smallest absolute Gasteiger partial charge is 0.412 e. The molecule has 4 aromatic heterocycles. The third kappa shape index (κ3) is 23.6. The summed E-state index contributed by atoms with van der Waals surface area (Å²) in [6.07, 6.45) is -0.892. The number of anilines is 7. The number of urea groups is 1. The van der Waals surface area contributed by atoms with E-state index in [1.807, 2.05) is 5.32 Å². The first-order valence-electron chi connectivity index (χ1n) is 34.1. The van der Waals surface area contributed by atoms with Gasteiger partial charge < -0.3 is 41.4 Å². The van der Waals surface area contributed by atoms with Crippen LogP contribution in [0.3, 0.4) is 0 Å². The molecule has 0 aliphatic rings. The van der Waals surface area contributed by atoms with Crippen LogP contribution >= 0.6 is 11.6 Å². The molecule has 0 aliphatic carbocycles. The second-order valence-corrected chi connectivity index (χ2v) is 25.2. The summed E-state index contributed by atoms with van der Waals surface area (Å²) in [5.41, 5.74) is 5.38. The molecule has 616 valence electrons. The fourth-order valence-electron chi connectivity index (χ4n) is 10.3. The van der Waals surface area contributed by atoms with Crippen LogP contribution in [0.5, 0.6) is 0 Å². The fourth-order valence-corrected chi connectivity index (χ4v) is 10.4. The zero-order chi connectivity index (χ0) is 87.4. The number of nitrogens with one attached hydrogen (secondary N) is 3. The molecule has 20 nitrogen and oxygen atoms in total. The molecule has 8 N–H and O–H groups in total. The van der Waals surface area contributed by atoms with Gasteiger partial charge in [0.1, 0.15) is 144 Å². The summed E-state index contributed by atoms with van der Waals surface area (Å²) in [4.78, 5) is 86.7. The molecule has 0 atom stereocenters. The molecule has 37 heteroatoms. The first kappa shape index (κ1) is 90.1. The quantitative estimate of drug-likeness (QED) is 0.0214. The molecular formula is C82H59ClF16N10O10. The Labute approximate surface area is 668 Å². The van der Waals surface area contributed by atoms with Gasteiger partial charge in [0, 0.05) is 46.5 Å². The molecule has 0 saturated carbocycles. The second kappa shape index (κ2) is 40.2. The Morgan fingerprint density at radius 2 is 0.731 bits per heavy atom. The number of amides is 4. The third-order valence-corrected chi connectivity index (χ3v) is 15.6. The van der Waals surface area contributed by atoms with Crippen molar-refractivity contribution in [3.63, 3.8) is 0 Å². The summed E-state index contributed by atoms with van der Waals surface area (Å²) in [5, 5.41) is 16.2. The summed E-state index contributed by atoms with van der Waals surface area (Å²) in [6.45, 7) is 8.47. The van der Waals surface area contributed by atoms with Crippen molar-refractivity contribution in [2.45, 2.75) is 40.2 Å². The van der Waals surface area contributed by atoms with Gasteiger partial charge in [0.05, 0.1) is 58.2 Å². The maximum absolute atomic E-state index is 14.3. The largest absolute Gasteiger partial charge is 0.478 e. The second-order valence-electron chi connectivity index (χ2n) is 24.8. The van der Waals surface area contributed by atoms with E-state index < -0.39 is 163 Å². The van der Waals surface area contributed by atoms with Crippen molar-refractivity contribution < 1.29 is 118 Å². The zero-order valence-electron chi connectivity index (χ0n) is 61.8. The van der Waals surface area contributed by atoms with Crippen molar-refractivity contribution >= 4 is 87.7 Å². The summed E-state index contributed by atoms with van der Waals surface area (Å²) in [6, 6.07) is 32.0. The highest BCUT2D eigenvalue weighted by atomic mass is 35.5. The van der Waals surface area contributed by atoms with Gasteiger partial charge in [0.2, 0.25) is 0 Å². The molecule has 4 amide bonds. The molecule has 0 spiro atoms. The Hall–Kier alpha value is -14.5. The van der Waals surface area contributed by atoms with E-state index in [2.05, 4.69) is 30.6 Å². The van der Waals surface area contributed by atoms with Crippen LogP contribution in [0.4, 0.5) is 120 Å². The molecule has 119 heavy (non-hydrogen) atoms. The van der Waals surface area contributed by atoms with Crippen LogP contribution in [-0.4, -0.2) is 79.8 Å². The summed E-state index contributed by atoms with van der Waals surface area (Å²) in [5.74, 6) is -18.9. The number of pyridine rings is 4. The topological polar surface area (TPSA) is 293 Å². The number of hydrogen-bond donors (Lipinski definition) is 6. The van der Waals surface area contributed by atoms with E-state index in [0.29, 0.717) is 29.2 Å². The number of halogens is 17. The SMILES string of the molecule is CC(C)(C)OC(=O)Nc1c(F)cccc1F.CCOC(=O)c1ccc(Cl)nc1-c1ccc(F)cc1F.CCOC(=O)c1ccc(Nc2c(F)cccc2F)nc1-c1ccc(F)cc1F.NC(=O)c1ccc(N(C(N)=O)c2c(F)cccc2F)nc1-c1ccc(F)cc1F.O=C(O)c1ccc(Nc2c(F)cccc2F)nc1-c1ccc(F)cc1F. The minimum absolute atomic E-state index is 0.0167. The first-order valence-corrected chi connectivity index (χ1v) is 34.5. The molecule has 0 fully saturated rings. The number of hydrogen-bond acceptors (Lipinski definition) is 15. The summed E-state index contributed by atoms with van der Waals surface area (Å²) < 4.78 is 234. The average molecular weight is 1680 g/mol. The number of esters is 2. The lowest BCUT2D eigenvalue weighted by Crippen LogP contribution is -2.33. The lowest BCUT2D eigenvalue weighted by Gasteiger charge is -2.22. The van der Waals surface area contributed by atoms with Crippen LogP contribution < -0.4 is 32.3 Å². The van der Waals surface area contributed by atoms with Gasteiger partial charge in [-0.25, -0.2) is 119 Å². The van der Waals surface area contributed by atoms with Crippen LogP contribution in [0.1, 0.15) is 76.1 Å². The van der Waals surface area contributed by atoms with Crippen LogP contribution in [0, 0.1) is 93.1 Å². The Kier molecular flexibility index (Phi) is 30.4.